The largest absolute Gasteiger partial charge is 0.339 e. The van der Waals surface area contributed by atoms with Crippen molar-refractivity contribution < 1.29 is 9.59 Å². The minimum atomic E-state index is -0.0224. The summed E-state index contributed by atoms with van der Waals surface area (Å²) in [6.45, 7) is 1.53. The van der Waals surface area contributed by atoms with Crippen molar-refractivity contribution in [3.63, 3.8) is 0 Å². The van der Waals surface area contributed by atoms with E-state index in [2.05, 4.69) is 24.3 Å². The molecule has 1 amide bonds. The lowest BCUT2D eigenvalue weighted by molar-refractivity contribution is 0.0688. The average Bonchev–Trinajstić information content (AvgIpc) is 2.62. The van der Waals surface area contributed by atoms with Crippen LogP contribution in [0.15, 0.2) is 54.6 Å². The van der Waals surface area contributed by atoms with Crippen molar-refractivity contribution >= 4 is 12.2 Å². The lowest BCUT2D eigenvalue weighted by Crippen LogP contribution is -2.39. The molecule has 2 aromatic rings. The van der Waals surface area contributed by atoms with Crippen molar-refractivity contribution in [3.8, 4) is 0 Å². The Bertz CT molecular complexity index is 673. The predicted octanol–water partition coefficient (Wildman–Crippen LogP) is 3.59. The first-order valence-corrected chi connectivity index (χ1v) is 8.15. The summed E-state index contributed by atoms with van der Waals surface area (Å²) in [4.78, 5) is 25.6. The number of piperidine rings is 1. The van der Waals surface area contributed by atoms with Crippen LogP contribution in [0, 0.1) is 5.92 Å². The van der Waals surface area contributed by atoms with Crippen molar-refractivity contribution in [2.75, 3.05) is 13.1 Å². The molecule has 3 heteroatoms. The average molecular weight is 307 g/mol. The Kier molecular flexibility index (Phi) is 4.86. The zero-order chi connectivity index (χ0) is 16.1. The molecule has 0 unspecified atom stereocenters. The van der Waals surface area contributed by atoms with Gasteiger partial charge in [-0.05, 0) is 36.8 Å². The fourth-order valence-electron chi connectivity index (χ4n) is 3.25. The van der Waals surface area contributed by atoms with Gasteiger partial charge in [0.05, 0.1) is 5.56 Å². The monoisotopic (exact) mass is 307 g/mol. The van der Waals surface area contributed by atoms with Gasteiger partial charge in [-0.25, -0.2) is 0 Å². The molecule has 0 saturated carbocycles. The number of carbonyl (C=O) groups is 2. The van der Waals surface area contributed by atoms with E-state index in [1.165, 1.54) is 5.56 Å². The van der Waals surface area contributed by atoms with Crippen molar-refractivity contribution in [2.45, 2.75) is 19.3 Å². The molecule has 1 aliphatic heterocycles. The molecule has 0 atom stereocenters. The van der Waals surface area contributed by atoms with Gasteiger partial charge in [0, 0.05) is 18.7 Å². The van der Waals surface area contributed by atoms with Gasteiger partial charge in [0.1, 0.15) is 0 Å². The quantitative estimate of drug-likeness (QED) is 0.809. The third-order valence-electron chi connectivity index (χ3n) is 4.59. The molecule has 1 fully saturated rings. The minimum absolute atomic E-state index is 0.0224. The second-order valence-corrected chi connectivity index (χ2v) is 6.13. The van der Waals surface area contributed by atoms with E-state index in [0.717, 1.165) is 38.6 Å². The van der Waals surface area contributed by atoms with E-state index in [-0.39, 0.29) is 5.91 Å². The van der Waals surface area contributed by atoms with Crippen LogP contribution in [0.3, 0.4) is 0 Å². The fourth-order valence-corrected chi connectivity index (χ4v) is 3.25. The van der Waals surface area contributed by atoms with Crippen molar-refractivity contribution in [2.24, 2.45) is 5.92 Å². The first-order valence-electron chi connectivity index (χ1n) is 8.15. The van der Waals surface area contributed by atoms with Crippen LogP contribution in [-0.4, -0.2) is 30.2 Å². The summed E-state index contributed by atoms with van der Waals surface area (Å²) in [7, 11) is 0. The third kappa shape index (κ3) is 3.67. The van der Waals surface area contributed by atoms with Gasteiger partial charge in [0.2, 0.25) is 0 Å². The minimum Gasteiger partial charge on any atom is -0.339 e. The molecule has 0 aromatic heterocycles. The molecule has 0 bridgehead atoms. The summed E-state index contributed by atoms with van der Waals surface area (Å²) < 4.78 is 0. The Balaban J connectivity index is 1.60. The van der Waals surface area contributed by atoms with E-state index >= 15 is 0 Å². The van der Waals surface area contributed by atoms with Gasteiger partial charge in [-0.1, -0.05) is 48.5 Å². The molecule has 0 aliphatic carbocycles. The highest BCUT2D eigenvalue weighted by atomic mass is 16.2. The van der Waals surface area contributed by atoms with Crippen LogP contribution in [0.4, 0.5) is 0 Å². The van der Waals surface area contributed by atoms with Gasteiger partial charge in [-0.2, -0.15) is 0 Å². The molecule has 2 aromatic carbocycles. The van der Waals surface area contributed by atoms with E-state index in [1.807, 2.05) is 17.0 Å². The van der Waals surface area contributed by atoms with Crippen LogP contribution >= 0.6 is 0 Å². The molecule has 1 heterocycles. The van der Waals surface area contributed by atoms with Gasteiger partial charge in [-0.15, -0.1) is 0 Å². The topological polar surface area (TPSA) is 37.4 Å². The molecule has 118 valence electrons. The molecule has 0 N–H and O–H groups in total. The zero-order valence-corrected chi connectivity index (χ0v) is 13.2. The smallest absolute Gasteiger partial charge is 0.254 e. The summed E-state index contributed by atoms with van der Waals surface area (Å²) in [5.74, 6) is 0.605. The zero-order valence-electron chi connectivity index (χ0n) is 13.2. The number of likely N-dealkylation sites (tertiary alicyclic amines) is 1. The highest BCUT2D eigenvalue weighted by molar-refractivity contribution is 6.01. The van der Waals surface area contributed by atoms with Gasteiger partial charge in [0.15, 0.2) is 6.29 Å². The first kappa shape index (κ1) is 15.5. The van der Waals surface area contributed by atoms with E-state index in [0.29, 0.717) is 17.0 Å². The Hall–Kier alpha value is -2.42. The number of carbonyl (C=O) groups excluding carboxylic acids is 2. The molecule has 1 saturated heterocycles. The lowest BCUT2D eigenvalue weighted by Gasteiger charge is -2.32. The van der Waals surface area contributed by atoms with Crippen LogP contribution in [0.2, 0.25) is 0 Å². The Labute approximate surface area is 136 Å². The van der Waals surface area contributed by atoms with E-state index < -0.39 is 0 Å². The standard InChI is InChI=1S/C20H21NO2/c22-15-18-8-4-5-9-19(18)20(23)21-12-10-17(11-13-21)14-16-6-2-1-3-7-16/h1-9,15,17H,10-14H2. The van der Waals surface area contributed by atoms with Crippen molar-refractivity contribution in [3.05, 3.63) is 71.3 Å². The number of amides is 1. The predicted molar refractivity (Wildman–Crippen MR) is 90.6 cm³/mol. The Morgan fingerprint density at radius 1 is 1.00 bits per heavy atom. The maximum Gasteiger partial charge on any atom is 0.254 e. The van der Waals surface area contributed by atoms with E-state index in [9.17, 15) is 9.59 Å². The number of rotatable bonds is 4. The Morgan fingerprint density at radius 3 is 2.35 bits per heavy atom. The van der Waals surface area contributed by atoms with Crippen LogP contribution in [-0.2, 0) is 6.42 Å². The van der Waals surface area contributed by atoms with Gasteiger partial charge in [0.25, 0.3) is 5.91 Å². The number of nitrogens with zero attached hydrogens (tertiary/aromatic N) is 1. The van der Waals surface area contributed by atoms with Crippen molar-refractivity contribution in [1.29, 1.82) is 0 Å². The van der Waals surface area contributed by atoms with Crippen LogP contribution < -0.4 is 0 Å². The summed E-state index contributed by atoms with van der Waals surface area (Å²) in [5.41, 5.74) is 2.36. The van der Waals surface area contributed by atoms with Gasteiger partial charge >= 0.3 is 0 Å². The maximum atomic E-state index is 12.6. The molecular formula is C20H21NO2. The van der Waals surface area contributed by atoms with Crippen molar-refractivity contribution in [1.82, 2.24) is 4.90 Å². The first-order chi connectivity index (χ1) is 11.3. The van der Waals surface area contributed by atoms with E-state index in [4.69, 9.17) is 0 Å². The normalized spacial score (nSPS) is 15.4. The van der Waals surface area contributed by atoms with E-state index in [1.54, 1.807) is 18.2 Å². The number of hydrogen-bond donors (Lipinski definition) is 0. The Morgan fingerprint density at radius 2 is 1.65 bits per heavy atom. The molecule has 3 rings (SSSR count). The summed E-state index contributed by atoms with van der Waals surface area (Å²) in [6, 6.07) is 17.5. The third-order valence-corrected chi connectivity index (χ3v) is 4.59. The van der Waals surface area contributed by atoms with Gasteiger partial charge < -0.3 is 4.90 Å². The second-order valence-electron chi connectivity index (χ2n) is 6.13. The molecule has 3 nitrogen and oxygen atoms in total. The van der Waals surface area contributed by atoms with Crippen LogP contribution in [0.1, 0.15) is 39.1 Å². The van der Waals surface area contributed by atoms with Crippen LogP contribution in [0.5, 0.6) is 0 Å². The molecule has 23 heavy (non-hydrogen) atoms. The SMILES string of the molecule is O=Cc1ccccc1C(=O)N1CCC(Cc2ccccc2)CC1. The highest BCUT2D eigenvalue weighted by Crippen LogP contribution is 2.23. The summed E-state index contributed by atoms with van der Waals surface area (Å²) in [5, 5.41) is 0. The molecule has 0 radical (unpaired) electrons. The molecule has 0 spiro atoms. The molecule has 1 aliphatic rings. The molecular weight excluding hydrogens is 286 g/mol. The number of benzene rings is 2. The highest BCUT2D eigenvalue weighted by Gasteiger charge is 2.24. The number of hydrogen-bond acceptors (Lipinski definition) is 2. The maximum absolute atomic E-state index is 12.6. The fraction of sp³-hybridized carbons (Fsp3) is 0.300. The second kappa shape index (κ2) is 7.23. The van der Waals surface area contributed by atoms with Crippen LogP contribution in [0.25, 0.3) is 0 Å². The summed E-state index contributed by atoms with van der Waals surface area (Å²) in [6.07, 6.45) is 3.87. The van der Waals surface area contributed by atoms with Gasteiger partial charge in [-0.3, -0.25) is 9.59 Å². The number of aldehydes is 1. The lowest BCUT2D eigenvalue weighted by atomic mass is 9.90. The summed E-state index contributed by atoms with van der Waals surface area (Å²) >= 11 is 0.